The highest BCUT2D eigenvalue weighted by molar-refractivity contribution is 7.17. The van der Waals surface area contributed by atoms with E-state index in [-0.39, 0.29) is 39.3 Å². The molecular weight excluding hydrogens is 564 g/mol. The number of carbonyl (C=O) groups excluding carboxylic acids is 3. The Balaban J connectivity index is 1.80. The largest absolute Gasteiger partial charge is 0.507 e. The normalized spacial score (nSPS) is 16.7. The maximum Gasteiger partial charge on any atom is 0.350 e. The molecule has 1 fully saturated rings. The standard InChI is InChI=1S/C34H40N2O6S/c1-8-9-18-41-25-16-12-23(13-17-25)28(37)26-27(22-10-14-24(15-11-22)34(5,6)7)36(31(39)29(26)38)33-35-21(4)30(43-33)32(40)42-19-20(2)3/h10-17,20,27,37H,8-9,18-19H2,1-7H3/t27-/m1/s1. The third-order valence-electron chi connectivity index (χ3n) is 7.16. The van der Waals surface area contributed by atoms with Crippen LogP contribution < -0.4 is 9.64 Å². The molecule has 1 atom stereocenters. The molecule has 0 spiro atoms. The van der Waals surface area contributed by atoms with Gasteiger partial charge in [-0.2, -0.15) is 0 Å². The van der Waals surface area contributed by atoms with E-state index in [4.69, 9.17) is 9.47 Å². The van der Waals surface area contributed by atoms with Gasteiger partial charge in [0, 0.05) is 5.56 Å². The van der Waals surface area contributed by atoms with Crippen LogP contribution in [0, 0.1) is 12.8 Å². The van der Waals surface area contributed by atoms with E-state index in [1.807, 2.05) is 38.1 Å². The molecule has 43 heavy (non-hydrogen) atoms. The maximum absolute atomic E-state index is 13.6. The van der Waals surface area contributed by atoms with Crippen LogP contribution in [0.4, 0.5) is 5.13 Å². The van der Waals surface area contributed by atoms with Crippen molar-refractivity contribution in [2.24, 2.45) is 5.92 Å². The molecular formula is C34H40N2O6S. The Morgan fingerprint density at radius 3 is 2.30 bits per heavy atom. The van der Waals surface area contributed by atoms with Gasteiger partial charge in [-0.1, -0.05) is 83.6 Å². The molecule has 0 saturated carbocycles. The zero-order chi connectivity index (χ0) is 31.5. The fourth-order valence-corrected chi connectivity index (χ4v) is 5.68. The number of esters is 1. The number of rotatable bonds is 10. The first-order chi connectivity index (χ1) is 20.3. The molecule has 1 N–H and O–H groups in total. The van der Waals surface area contributed by atoms with E-state index >= 15 is 0 Å². The predicted molar refractivity (Wildman–Crippen MR) is 169 cm³/mol. The van der Waals surface area contributed by atoms with E-state index in [9.17, 15) is 19.5 Å². The number of aromatic nitrogens is 1. The van der Waals surface area contributed by atoms with E-state index in [2.05, 4.69) is 32.7 Å². The van der Waals surface area contributed by atoms with Crippen LogP contribution in [0.3, 0.4) is 0 Å². The smallest absolute Gasteiger partial charge is 0.350 e. The number of thiazole rings is 1. The van der Waals surface area contributed by atoms with Gasteiger partial charge in [0.2, 0.25) is 0 Å². The Kier molecular flexibility index (Phi) is 9.75. The van der Waals surface area contributed by atoms with Gasteiger partial charge in [-0.05, 0) is 60.1 Å². The summed E-state index contributed by atoms with van der Waals surface area (Å²) in [6.45, 7) is 14.8. The average Bonchev–Trinajstić information content (AvgIpc) is 3.47. The topological polar surface area (TPSA) is 106 Å². The second-order valence-electron chi connectivity index (χ2n) is 12.2. The predicted octanol–water partition coefficient (Wildman–Crippen LogP) is 7.37. The molecule has 1 aliphatic rings. The lowest BCUT2D eigenvalue weighted by Gasteiger charge is -2.24. The summed E-state index contributed by atoms with van der Waals surface area (Å²) in [5, 5.41) is 11.7. The first kappa shape index (κ1) is 31.9. The van der Waals surface area contributed by atoms with Crippen LogP contribution in [-0.4, -0.2) is 41.0 Å². The summed E-state index contributed by atoms with van der Waals surface area (Å²) in [5.74, 6) is -1.68. The van der Waals surface area contributed by atoms with Crippen LogP contribution >= 0.6 is 11.3 Å². The van der Waals surface area contributed by atoms with Crippen molar-refractivity contribution >= 4 is 39.9 Å². The molecule has 2 aromatic carbocycles. The number of amides is 1. The van der Waals surface area contributed by atoms with Crippen molar-refractivity contribution in [3.8, 4) is 5.75 Å². The molecule has 4 rings (SSSR count). The molecule has 9 heteroatoms. The Bertz CT molecular complexity index is 1510. The summed E-state index contributed by atoms with van der Waals surface area (Å²) in [4.78, 5) is 46.1. The molecule has 0 aliphatic carbocycles. The first-order valence-corrected chi connectivity index (χ1v) is 15.4. The molecule has 0 radical (unpaired) electrons. The molecule has 2 heterocycles. The molecule has 1 aliphatic heterocycles. The number of anilines is 1. The maximum atomic E-state index is 13.6. The van der Waals surface area contributed by atoms with Crippen molar-refractivity contribution in [3.05, 3.63) is 81.4 Å². The van der Waals surface area contributed by atoms with Gasteiger partial charge in [0.05, 0.1) is 30.5 Å². The Morgan fingerprint density at radius 1 is 1.07 bits per heavy atom. The number of unbranched alkanes of at least 4 members (excludes halogenated alkanes) is 1. The molecule has 228 valence electrons. The second kappa shape index (κ2) is 13.1. The summed E-state index contributed by atoms with van der Waals surface area (Å²) in [6, 6.07) is 13.5. The van der Waals surface area contributed by atoms with Crippen LogP contribution in [0.1, 0.15) is 92.5 Å². The summed E-state index contributed by atoms with van der Waals surface area (Å²) < 4.78 is 11.2. The highest BCUT2D eigenvalue weighted by atomic mass is 32.1. The second-order valence-corrected chi connectivity index (χ2v) is 13.1. The number of Topliss-reactive ketones (excluding diaryl/α,β-unsaturated/α-hetero) is 1. The summed E-state index contributed by atoms with van der Waals surface area (Å²) in [5.41, 5.74) is 2.32. The van der Waals surface area contributed by atoms with E-state index < -0.39 is 23.7 Å². The van der Waals surface area contributed by atoms with Gasteiger partial charge in [-0.15, -0.1) is 0 Å². The fraction of sp³-hybridized carbons (Fsp3) is 0.412. The van der Waals surface area contributed by atoms with E-state index in [0.29, 0.717) is 29.2 Å². The number of ketones is 1. The van der Waals surface area contributed by atoms with Gasteiger partial charge in [0.1, 0.15) is 16.4 Å². The molecule has 1 saturated heterocycles. The highest BCUT2D eigenvalue weighted by Crippen LogP contribution is 2.44. The Labute approximate surface area is 257 Å². The van der Waals surface area contributed by atoms with Crippen molar-refractivity contribution < 1.29 is 29.0 Å². The van der Waals surface area contributed by atoms with Gasteiger partial charge in [0.25, 0.3) is 5.78 Å². The van der Waals surface area contributed by atoms with Crippen molar-refractivity contribution in [2.45, 2.75) is 72.8 Å². The van der Waals surface area contributed by atoms with E-state index in [1.165, 1.54) is 4.90 Å². The third-order valence-corrected chi connectivity index (χ3v) is 8.29. The number of ether oxygens (including phenoxy) is 2. The summed E-state index contributed by atoms with van der Waals surface area (Å²) >= 11 is 0.996. The number of hydrogen-bond donors (Lipinski definition) is 1. The van der Waals surface area contributed by atoms with Crippen molar-refractivity contribution in [2.75, 3.05) is 18.1 Å². The van der Waals surface area contributed by atoms with Gasteiger partial charge in [-0.25, -0.2) is 9.78 Å². The third kappa shape index (κ3) is 6.99. The van der Waals surface area contributed by atoms with Crippen LogP contribution in [0.15, 0.2) is 54.1 Å². The zero-order valence-corrected chi connectivity index (χ0v) is 26.7. The quantitative estimate of drug-likeness (QED) is 0.0847. The minimum absolute atomic E-state index is 0.0510. The fourth-order valence-electron chi connectivity index (χ4n) is 4.69. The number of hydrogen-bond acceptors (Lipinski definition) is 8. The van der Waals surface area contributed by atoms with Crippen molar-refractivity contribution in [1.82, 2.24) is 4.98 Å². The van der Waals surface area contributed by atoms with Gasteiger partial charge < -0.3 is 14.6 Å². The molecule has 1 amide bonds. The van der Waals surface area contributed by atoms with Gasteiger partial charge in [0.15, 0.2) is 5.13 Å². The minimum Gasteiger partial charge on any atom is -0.507 e. The molecule has 3 aromatic rings. The van der Waals surface area contributed by atoms with Crippen LogP contribution in [0.25, 0.3) is 5.76 Å². The number of benzene rings is 2. The monoisotopic (exact) mass is 604 g/mol. The number of aliphatic hydroxyl groups is 1. The highest BCUT2D eigenvalue weighted by Gasteiger charge is 2.48. The minimum atomic E-state index is -0.959. The van der Waals surface area contributed by atoms with E-state index in [1.54, 1.807) is 31.2 Å². The SMILES string of the molecule is CCCCOc1ccc(C(O)=C2C(=O)C(=O)N(c3nc(C)c(C(=O)OCC(C)C)s3)[C@@H]2c2ccc(C(C)(C)C)cc2)cc1. The van der Waals surface area contributed by atoms with Crippen LogP contribution in [0.2, 0.25) is 0 Å². The first-order valence-electron chi connectivity index (χ1n) is 14.6. The molecule has 1 aromatic heterocycles. The van der Waals surface area contributed by atoms with Gasteiger partial charge >= 0.3 is 11.9 Å². The van der Waals surface area contributed by atoms with Crippen molar-refractivity contribution in [1.29, 1.82) is 0 Å². The molecule has 0 bridgehead atoms. The average molecular weight is 605 g/mol. The van der Waals surface area contributed by atoms with Crippen LogP contribution in [-0.2, 0) is 19.7 Å². The lowest BCUT2D eigenvalue weighted by Crippen LogP contribution is -2.29. The lowest BCUT2D eigenvalue weighted by atomic mass is 9.85. The Morgan fingerprint density at radius 2 is 1.72 bits per heavy atom. The van der Waals surface area contributed by atoms with Crippen LogP contribution in [0.5, 0.6) is 5.75 Å². The number of aliphatic hydroxyl groups excluding tert-OH is 1. The van der Waals surface area contributed by atoms with Crippen molar-refractivity contribution in [3.63, 3.8) is 0 Å². The number of aryl methyl sites for hydroxylation is 1. The zero-order valence-electron chi connectivity index (χ0n) is 25.9. The summed E-state index contributed by atoms with van der Waals surface area (Å²) in [7, 11) is 0. The number of nitrogens with zero attached hydrogens (tertiary/aromatic N) is 2. The number of carbonyl (C=O) groups is 3. The lowest BCUT2D eigenvalue weighted by molar-refractivity contribution is -0.132. The van der Waals surface area contributed by atoms with Gasteiger partial charge in [-0.3, -0.25) is 14.5 Å². The Hall–Kier alpha value is -3.98. The molecule has 0 unspecified atom stereocenters. The summed E-state index contributed by atoms with van der Waals surface area (Å²) in [6.07, 6.45) is 1.93. The molecule has 8 nitrogen and oxygen atoms in total. The van der Waals surface area contributed by atoms with E-state index in [0.717, 1.165) is 29.7 Å².